The molecule has 0 radical (unpaired) electrons. The molecule has 9 rings (SSSR count). The third kappa shape index (κ3) is 5.50. The Morgan fingerprint density at radius 2 is 1.10 bits per heavy atom. The zero-order chi connectivity index (χ0) is 34.9. The summed E-state index contributed by atoms with van der Waals surface area (Å²) in [5.41, 5.74) is 8.16. The minimum atomic E-state index is -0.372. The first-order valence-corrected chi connectivity index (χ1v) is 17.6. The molecule has 0 amide bonds. The van der Waals surface area contributed by atoms with Crippen molar-refractivity contribution in [1.82, 2.24) is 19.9 Å². The van der Waals surface area contributed by atoms with Gasteiger partial charge in [0, 0.05) is 43.5 Å². The monoisotopic (exact) mass is 662 g/mol. The van der Waals surface area contributed by atoms with Gasteiger partial charge in [0.2, 0.25) is 0 Å². The molecule has 0 aliphatic carbocycles. The maximum atomic E-state index is 6.30. The van der Waals surface area contributed by atoms with Crippen LogP contribution in [0.5, 0.6) is 0 Å². The topological polar surface area (TPSA) is 64.7 Å². The van der Waals surface area contributed by atoms with Gasteiger partial charge in [0.25, 0.3) is 0 Å². The number of hydrogen-bond acceptors (Lipinski definition) is 5. The van der Waals surface area contributed by atoms with Crippen molar-refractivity contribution in [2.75, 3.05) is 0 Å². The number of hydrogen-bond donors (Lipinski definition) is 0. The molecule has 3 aromatic heterocycles. The van der Waals surface area contributed by atoms with E-state index >= 15 is 0 Å². The summed E-state index contributed by atoms with van der Waals surface area (Å²) in [4.78, 5) is 20.8. The molecule has 3 heterocycles. The van der Waals surface area contributed by atoms with Crippen molar-refractivity contribution in [1.29, 1.82) is 0 Å². The van der Waals surface area contributed by atoms with Gasteiger partial charge in [-0.3, -0.25) is 0 Å². The number of aromatic nitrogens is 4. The molecule has 0 N–H and O–H groups in total. The fourth-order valence-electron chi connectivity index (χ4n) is 7.24. The first-order chi connectivity index (χ1) is 24.6. The highest BCUT2D eigenvalue weighted by Gasteiger charge is 2.28. The molecule has 0 aliphatic heterocycles. The average Bonchev–Trinajstić information content (AvgIpc) is 3.51. The molecule has 0 spiro atoms. The van der Waals surface area contributed by atoms with Gasteiger partial charge < -0.3 is 4.42 Å². The predicted molar refractivity (Wildman–Crippen MR) is 210 cm³/mol. The number of nitrogens with zero attached hydrogens (tertiary/aromatic N) is 4. The third-order valence-electron chi connectivity index (χ3n) is 9.96. The molecule has 0 bridgehead atoms. The van der Waals surface area contributed by atoms with Crippen LogP contribution in [-0.4, -0.2) is 19.9 Å². The van der Waals surface area contributed by atoms with E-state index in [0.717, 1.165) is 84.3 Å². The molecule has 0 aliphatic rings. The van der Waals surface area contributed by atoms with Crippen molar-refractivity contribution in [3.8, 4) is 22.5 Å². The summed E-state index contributed by atoms with van der Waals surface area (Å²) in [6.07, 6.45) is 0.738. The Bertz CT molecular complexity index is 2810. The molecule has 5 heteroatoms. The second-order valence-electron chi connectivity index (χ2n) is 15.3. The van der Waals surface area contributed by atoms with Gasteiger partial charge in [-0.25, -0.2) is 19.9 Å². The zero-order valence-corrected chi connectivity index (χ0v) is 29.5. The van der Waals surface area contributed by atoms with Crippen LogP contribution < -0.4 is 0 Å². The molecule has 0 fully saturated rings. The Balaban J connectivity index is 1.15. The Hall–Kier alpha value is -5.94. The van der Waals surface area contributed by atoms with E-state index in [1.54, 1.807) is 0 Å². The molecule has 0 saturated heterocycles. The van der Waals surface area contributed by atoms with E-state index in [1.807, 2.05) is 12.1 Å². The van der Waals surface area contributed by atoms with Gasteiger partial charge in [-0.2, -0.15) is 0 Å². The van der Waals surface area contributed by atoms with E-state index in [-0.39, 0.29) is 10.8 Å². The van der Waals surface area contributed by atoms with Gasteiger partial charge in [0.1, 0.15) is 22.8 Å². The minimum absolute atomic E-state index is 0.219. The predicted octanol–water partition coefficient (Wildman–Crippen LogP) is 11.8. The van der Waals surface area contributed by atoms with Gasteiger partial charge >= 0.3 is 0 Å². The summed E-state index contributed by atoms with van der Waals surface area (Å²) in [6.45, 7) is 11.0. The number of furan rings is 1. The Kier molecular flexibility index (Phi) is 7.04. The fraction of sp³-hybridized carbons (Fsp3) is 0.174. The second-order valence-corrected chi connectivity index (χ2v) is 15.3. The summed E-state index contributed by atoms with van der Waals surface area (Å²) in [5, 5.41) is 6.70. The number of para-hydroxylation sites is 2. The summed E-state index contributed by atoms with van der Waals surface area (Å²) in [5.74, 6) is 1.63. The smallest absolute Gasteiger partial charge is 0.136 e. The highest BCUT2D eigenvalue weighted by Crippen LogP contribution is 2.37. The minimum Gasteiger partial charge on any atom is -0.456 e. The van der Waals surface area contributed by atoms with Crippen LogP contribution in [-0.2, 0) is 17.3 Å². The van der Waals surface area contributed by atoms with E-state index in [9.17, 15) is 0 Å². The van der Waals surface area contributed by atoms with Gasteiger partial charge in [0.15, 0.2) is 0 Å². The number of fused-ring (bicyclic) bond motifs is 6. The summed E-state index contributed by atoms with van der Waals surface area (Å²) < 4.78 is 6.30. The van der Waals surface area contributed by atoms with Crippen LogP contribution in [0.4, 0.5) is 0 Å². The van der Waals surface area contributed by atoms with Crippen LogP contribution in [0.25, 0.3) is 77.0 Å². The first kappa shape index (κ1) is 31.1. The van der Waals surface area contributed by atoms with Crippen molar-refractivity contribution in [3.05, 3.63) is 145 Å². The highest BCUT2D eigenvalue weighted by molar-refractivity contribution is 6.06. The summed E-state index contributed by atoms with van der Waals surface area (Å²) in [6, 6.07) is 44.6. The van der Waals surface area contributed by atoms with Gasteiger partial charge in [-0.15, -0.1) is 0 Å². The van der Waals surface area contributed by atoms with Gasteiger partial charge in [-0.05, 0) is 65.2 Å². The lowest BCUT2D eigenvalue weighted by Gasteiger charge is -2.25. The molecule has 9 aromatic rings. The van der Waals surface area contributed by atoms with Crippen LogP contribution in [0.15, 0.2) is 132 Å². The molecule has 6 aromatic carbocycles. The molecule has 5 nitrogen and oxygen atoms in total. The molecule has 0 saturated carbocycles. The fourth-order valence-corrected chi connectivity index (χ4v) is 7.24. The van der Waals surface area contributed by atoms with Crippen LogP contribution in [0.2, 0.25) is 0 Å². The lowest BCUT2D eigenvalue weighted by atomic mass is 9.84. The number of benzene rings is 6. The van der Waals surface area contributed by atoms with Crippen LogP contribution in [0, 0.1) is 0 Å². The quantitative estimate of drug-likeness (QED) is 0.183. The van der Waals surface area contributed by atoms with E-state index in [4.69, 9.17) is 24.4 Å². The average molecular weight is 663 g/mol. The van der Waals surface area contributed by atoms with E-state index in [0.29, 0.717) is 0 Å². The Morgan fingerprint density at radius 3 is 1.94 bits per heavy atom. The first-order valence-electron chi connectivity index (χ1n) is 17.6. The Morgan fingerprint density at radius 1 is 0.471 bits per heavy atom. The van der Waals surface area contributed by atoms with Crippen LogP contribution in [0.3, 0.4) is 0 Å². The molecule has 0 unspecified atom stereocenters. The van der Waals surface area contributed by atoms with E-state index in [1.165, 1.54) is 16.3 Å². The molecule has 248 valence electrons. The summed E-state index contributed by atoms with van der Waals surface area (Å²) >= 11 is 0. The molecular formula is C46H38N4O. The third-order valence-corrected chi connectivity index (χ3v) is 9.96. The van der Waals surface area contributed by atoms with Crippen molar-refractivity contribution in [2.24, 2.45) is 0 Å². The molecule has 0 atom stereocenters. The lowest BCUT2D eigenvalue weighted by Crippen LogP contribution is -2.24. The largest absolute Gasteiger partial charge is 0.456 e. The SMILES string of the molecule is CC(C)(C)c1nc(-c2ccc3c(c2)oc2ccccc23)c2cc(CC(C)(C)c3nc(-c4ccc5ccccc5c4)c4ccccc4n3)ccc2n1. The van der Waals surface area contributed by atoms with Crippen molar-refractivity contribution >= 4 is 54.5 Å². The standard InChI is InChI=1S/C46H38N4O/c1-45(2,3)43-47-38-23-18-28(24-36(38)42(49-43)32-21-22-34-33-14-9-11-17-39(33)51-40(34)26-32)27-46(4,5)44-48-37-16-10-8-15-35(37)41(50-44)31-20-19-29-12-6-7-13-30(29)25-31/h6-26H,27H2,1-5H3. The maximum Gasteiger partial charge on any atom is 0.136 e. The molecule has 51 heavy (non-hydrogen) atoms. The van der Waals surface area contributed by atoms with Crippen molar-refractivity contribution in [2.45, 2.75) is 51.9 Å². The van der Waals surface area contributed by atoms with Gasteiger partial charge in [-0.1, -0.05) is 120 Å². The van der Waals surface area contributed by atoms with E-state index in [2.05, 4.69) is 150 Å². The molecular weight excluding hydrogens is 625 g/mol. The maximum absolute atomic E-state index is 6.30. The lowest BCUT2D eigenvalue weighted by molar-refractivity contribution is 0.490. The van der Waals surface area contributed by atoms with Crippen molar-refractivity contribution in [3.63, 3.8) is 0 Å². The van der Waals surface area contributed by atoms with E-state index < -0.39 is 0 Å². The zero-order valence-electron chi connectivity index (χ0n) is 29.5. The van der Waals surface area contributed by atoms with Crippen LogP contribution >= 0.6 is 0 Å². The normalized spacial score (nSPS) is 12.5. The van der Waals surface area contributed by atoms with Gasteiger partial charge in [0.05, 0.1) is 22.4 Å². The van der Waals surface area contributed by atoms with Crippen LogP contribution in [0.1, 0.15) is 51.8 Å². The summed E-state index contributed by atoms with van der Waals surface area (Å²) in [7, 11) is 0. The Labute approximate surface area is 297 Å². The number of rotatable bonds is 5. The highest BCUT2D eigenvalue weighted by atomic mass is 16.3. The van der Waals surface area contributed by atoms with Crippen molar-refractivity contribution < 1.29 is 4.42 Å². The second kappa shape index (κ2) is 11.6.